The second-order valence-electron chi connectivity index (χ2n) is 20.5. The largest absolute Gasteiger partial charge is 0.467 e. The monoisotopic (exact) mass is 1430 g/mol. The van der Waals surface area contributed by atoms with Crippen LogP contribution in [0.4, 0.5) is 17.6 Å². The molecule has 14 aromatic rings. The summed E-state index contributed by atoms with van der Waals surface area (Å²) in [5.41, 5.74) is 6.83. The zero-order valence-electron chi connectivity index (χ0n) is 67.7. The molecule has 0 bridgehead atoms. The van der Waals surface area contributed by atoms with E-state index in [0.717, 1.165) is 48.0 Å². The quantitative estimate of drug-likeness (QED) is 0.0934. The normalized spacial score (nSPS) is 8.87. The molecule has 558 valence electrons. The molecule has 9 heteroatoms. The molecule has 9 aromatic carbocycles. The minimum atomic E-state index is -1.33. The van der Waals surface area contributed by atoms with Crippen molar-refractivity contribution in [3.05, 3.63) is 352 Å². The van der Waals surface area contributed by atoms with Crippen LogP contribution in [0.5, 0.6) is 0 Å². The lowest BCUT2D eigenvalue weighted by molar-refractivity contribution is 0.436. The summed E-state index contributed by atoms with van der Waals surface area (Å²) in [5.74, 6) is -3.34. The van der Waals surface area contributed by atoms with Crippen LogP contribution in [0.1, 0.15) is 166 Å². The van der Waals surface area contributed by atoms with E-state index < -0.39 is 34.4 Å². The van der Waals surface area contributed by atoms with Crippen LogP contribution in [0, 0.1) is 92.5 Å². The van der Waals surface area contributed by atoms with Crippen LogP contribution >= 0.6 is 11.3 Å². The summed E-state index contributed by atoms with van der Waals surface area (Å²) in [6.45, 7) is 50.1. The fraction of sp³-hybridized carbons (Fsp3) is 0.274. The number of aryl methyl sites for hydroxylation is 8. The summed E-state index contributed by atoms with van der Waals surface area (Å²) in [6.07, 6.45) is 3.68. The molecule has 0 spiro atoms. The Hall–Kier alpha value is -9.83. The first-order chi connectivity index (χ1) is 50.4. The zero-order valence-corrected chi connectivity index (χ0v) is 68.5. The fourth-order valence-electron chi connectivity index (χ4n) is 8.48. The van der Waals surface area contributed by atoms with E-state index in [1.54, 1.807) is 0 Å². The molecule has 0 aliphatic carbocycles. The second-order valence-corrected chi connectivity index (χ2v) is 22.0. The fourth-order valence-corrected chi connectivity index (χ4v) is 9.26. The highest BCUT2D eigenvalue weighted by molar-refractivity contribution is 7.11. The second kappa shape index (κ2) is 62.9. The Kier molecular flexibility index (Phi) is 59.5. The van der Waals surface area contributed by atoms with Crippen molar-refractivity contribution in [2.24, 2.45) is 0 Å². The van der Waals surface area contributed by atoms with Crippen molar-refractivity contribution in [3.8, 4) is 11.1 Å². The number of para-hydroxylation sites is 1. The van der Waals surface area contributed by atoms with Crippen molar-refractivity contribution < 1.29 is 22.0 Å². The molecule has 5 heterocycles. The molecule has 0 saturated heterocycles. The number of aromatic nitrogens is 3. The van der Waals surface area contributed by atoms with E-state index in [2.05, 4.69) is 217 Å². The summed E-state index contributed by atoms with van der Waals surface area (Å²) >= 11 is 1.84. The third-order valence-corrected chi connectivity index (χ3v) is 14.1. The number of hydrogen-bond acceptors (Lipinski definition) is 5. The molecule has 4 nitrogen and oxygen atoms in total. The summed E-state index contributed by atoms with van der Waals surface area (Å²) in [6, 6.07) is 89.3. The highest BCUT2D eigenvalue weighted by atomic mass is 32.1. The van der Waals surface area contributed by atoms with Gasteiger partial charge in [0, 0.05) is 55.7 Å². The Bertz CT molecular complexity index is 3780. The molecule has 0 N–H and O–H groups in total. The van der Waals surface area contributed by atoms with E-state index in [9.17, 15) is 17.6 Å². The van der Waals surface area contributed by atoms with Gasteiger partial charge in [-0.05, 0) is 185 Å². The first kappa shape index (κ1) is 98.3. The van der Waals surface area contributed by atoms with Gasteiger partial charge in [0.05, 0.1) is 5.52 Å². The number of nitrogens with zero attached hydrogens (tertiary/aromatic N) is 3. The third-order valence-electron chi connectivity index (χ3n) is 13.2. The number of hydrogen-bond donors (Lipinski definition) is 0. The van der Waals surface area contributed by atoms with Crippen LogP contribution < -0.4 is 0 Å². The van der Waals surface area contributed by atoms with Gasteiger partial charge in [-0.2, -0.15) is 0 Å². The molecule has 0 fully saturated rings. The average molecular weight is 1430 g/mol. The van der Waals surface area contributed by atoms with Gasteiger partial charge in [0.25, 0.3) is 0 Å². The van der Waals surface area contributed by atoms with E-state index in [0.29, 0.717) is 0 Å². The lowest BCUT2D eigenvalue weighted by atomic mass is 10.0. The molecule has 0 unspecified atom stereocenters. The summed E-state index contributed by atoms with van der Waals surface area (Å²) in [7, 11) is 0. The smallest absolute Gasteiger partial charge is 0.165 e. The van der Waals surface area contributed by atoms with Gasteiger partial charge in [-0.3, -0.25) is 15.0 Å². The van der Waals surface area contributed by atoms with Crippen LogP contribution in [-0.2, 0) is 0 Å². The number of thiophene rings is 1. The van der Waals surface area contributed by atoms with Crippen LogP contribution in [-0.4, -0.2) is 15.0 Å². The minimum absolute atomic E-state index is 0.629. The topological polar surface area (TPSA) is 51.8 Å². The Balaban J connectivity index is -0.00000108. The van der Waals surface area contributed by atoms with E-state index in [1.807, 2.05) is 249 Å². The summed E-state index contributed by atoms with van der Waals surface area (Å²) < 4.78 is 55.7. The van der Waals surface area contributed by atoms with Crippen molar-refractivity contribution in [2.75, 3.05) is 0 Å². The Labute approximate surface area is 630 Å². The lowest BCUT2D eigenvalue weighted by Gasteiger charge is -2.04. The Morgan fingerprint density at radius 1 is 0.269 bits per heavy atom. The number of pyridine rings is 3. The molecule has 0 saturated carbocycles. The number of benzene rings is 9. The average Bonchev–Trinajstić information content (AvgIpc) is 1.23. The Morgan fingerprint density at radius 3 is 0.837 bits per heavy atom. The van der Waals surface area contributed by atoms with Gasteiger partial charge in [0.1, 0.15) is 11.5 Å². The Morgan fingerprint density at radius 2 is 0.577 bits per heavy atom. The molecule has 104 heavy (non-hydrogen) atoms. The highest BCUT2D eigenvalue weighted by Gasteiger charge is 2.19. The summed E-state index contributed by atoms with van der Waals surface area (Å²) in [4.78, 5) is 15.2. The van der Waals surface area contributed by atoms with Gasteiger partial charge in [0.15, 0.2) is 23.3 Å². The van der Waals surface area contributed by atoms with Crippen molar-refractivity contribution in [3.63, 3.8) is 0 Å². The highest BCUT2D eigenvalue weighted by Crippen LogP contribution is 2.24. The van der Waals surface area contributed by atoms with Crippen molar-refractivity contribution in [1.82, 2.24) is 15.0 Å². The van der Waals surface area contributed by atoms with E-state index in [1.165, 1.54) is 64.1 Å². The van der Waals surface area contributed by atoms with Gasteiger partial charge in [-0.1, -0.05) is 305 Å². The number of halogens is 4. The van der Waals surface area contributed by atoms with E-state index >= 15 is 0 Å². The minimum Gasteiger partial charge on any atom is -0.467 e. The molecular weight excluding hydrogens is 1310 g/mol. The number of rotatable bonds is 1. The van der Waals surface area contributed by atoms with Gasteiger partial charge >= 0.3 is 0 Å². The predicted molar refractivity (Wildman–Crippen MR) is 455 cm³/mol. The molecule has 0 atom stereocenters. The van der Waals surface area contributed by atoms with Gasteiger partial charge < -0.3 is 4.42 Å². The maximum Gasteiger partial charge on any atom is 0.165 e. The molecule has 0 aliphatic rings. The van der Waals surface area contributed by atoms with Gasteiger partial charge in [-0.15, -0.1) is 11.3 Å². The van der Waals surface area contributed by atoms with Crippen molar-refractivity contribution >= 4 is 54.6 Å². The maximum absolute atomic E-state index is 12.7. The molecule has 0 radical (unpaired) electrons. The van der Waals surface area contributed by atoms with Gasteiger partial charge in [-0.25, -0.2) is 17.6 Å². The van der Waals surface area contributed by atoms with Gasteiger partial charge in [0.2, 0.25) is 0 Å². The SMILES string of the molecule is CC.CC.CC.CC.CC.CC.CC.CC.Cc1c(F)c(F)c(C)c(F)c1F.Cc1ccc(C)nc1.Cc1ccc(C)o1.Cc1ccc(C)s1.Cc1cccc(C)n1.c1ccc(-c2ccccc2)cc1.c1ccc2cc3ccccc3cc2c1.c1ccc2ccccc2c1.c1ccc2ncccc2c1. The van der Waals surface area contributed by atoms with Crippen molar-refractivity contribution in [2.45, 2.75) is 180 Å². The first-order valence-corrected chi connectivity index (χ1v) is 37.6. The van der Waals surface area contributed by atoms with Crippen LogP contribution in [0.15, 0.2) is 278 Å². The first-order valence-electron chi connectivity index (χ1n) is 36.8. The third kappa shape index (κ3) is 40.1. The zero-order chi connectivity index (χ0) is 79.2. The molecule has 0 aliphatic heterocycles. The predicted octanol–water partition coefficient (Wildman–Crippen LogP) is 31.1. The number of furan rings is 1. The number of fused-ring (bicyclic) bond motifs is 4. The summed E-state index contributed by atoms with van der Waals surface area (Å²) in [5, 5.41) is 9.06. The van der Waals surface area contributed by atoms with E-state index in [-0.39, 0.29) is 0 Å². The lowest BCUT2D eigenvalue weighted by Crippen LogP contribution is -2.02. The molecular formula is C95H123F4N3OS. The standard InChI is InChI=1S/C14H10.C12H10.C10H8.C9H7N.C8H6F4.2C7H9N.C6H8O.C6H8S.8C2H6/c1-2-6-12-10-14-8-4-3-7-13(14)9-11(12)5-1;1-3-7-11(8-4-1)12-9-5-2-6-10-12;1-2-6-10-8-4-3-7-9(10)5-1;1-2-6-9-8(4-1)5-3-7-10-9;1-3-5(9)7(11)4(2)8(12)6(3)10;1-6-3-4-7(2)8-5-6;1-6-4-3-5-7(2)8-6;2*1-5-3-4-6(2)7-5;8*1-2/h1-10H;1-10H;1-8H;1-7H;1-2H3;2*3-5H,1-2H3;2*3-4H,1-2H3;8*1-2H3. The van der Waals surface area contributed by atoms with Crippen molar-refractivity contribution in [1.29, 1.82) is 0 Å². The maximum atomic E-state index is 12.7. The van der Waals surface area contributed by atoms with E-state index in [4.69, 9.17) is 4.42 Å². The molecule has 0 amide bonds. The molecule has 5 aromatic heterocycles. The molecule has 14 rings (SSSR count). The van der Waals surface area contributed by atoms with Crippen LogP contribution in [0.3, 0.4) is 0 Å². The van der Waals surface area contributed by atoms with Crippen LogP contribution in [0.2, 0.25) is 0 Å². The van der Waals surface area contributed by atoms with Crippen LogP contribution in [0.25, 0.3) is 54.3 Å².